The molecule has 0 amide bonds. The summed E-state index contributed by atoms with van der Waals surface area (Å²) >= 11 is 0. The first-order valence-electron chi connectivity index (χ1n) is 4.63. The second-order valence-electron chi connectivity index (χ2n) is 2.96. The van der Waals surface area contributed by atoms with Gasteiger partial charge in [0.2, 0.25) is 5.82 Å². The number of nitrogens with zero attached hydrogens (tertiary/aromatic N) is 2. The summed E-state index contributed by atoms with van der Waals surface area (Å²) in [4.78, 5) is 4.09. The van der Waals surface area contributed by atoms with Crippen molar-refractivity contribution >= 4 is 6.01 Å². The van der Waals surface area contributed by atoms with Crippen LogP contribution >= 0.6 is 0 Å². The molecule has 0 bridgehead atoms. The largest absolute Gasteiger partial charge is 0.338 e. The lowest BCUT2D eigenvalue weighted by Crippen LogP contribution is -1.95. The molecule has 4 nitrogen and oxygen atoms in total. The van der Waals surface area contributed by atoms with Crippen molar-refractivity contribution in [3.63, 3.8) is 0 Å². The smallest absolute Gasteiger partial charge is 0.321 e. The van der Waals surface area contributed by atoms with Crippen LogP contribution in [-0.4, -0.2) is 16.7 Å². The average Bonchev–Trinajstić information content (AvgIpc) is 2.68. The van der Waals surface area contributed by atoms with Crippen LogP contribution in [0, 0.1) is 5.82 Å². The van der Waals surface area contributed by atoms with Gasteiger partial charge in [-0.2, -0.15) is 4.98 Å². The highest BCUT2D eigenvalue weighted by molar-refractivity contribution is 5.55. The molecule has 0 radical (unpaired) electrons. The van der Waals surface area contributed by atoms with E-state index in [2.05, 4.69) is 15.5 Å². The number of nitrogens with one attached hydrogen (secondary N) is 1. The average molecular weight is 207 g/mol. The van der Waals surface area contributed by atoms with Gasteiger partial charge in [-0.3, -0.25) is 0 Å². The van der Waals surface area contributed by atoms with Crippen LogP contribution in [0.4, 0.5) is 10.4 Å². The number of benzene rings is 1. The molecule has 1 aromatic heterocycles. The monoisotopic (exact) mass is 207 g/mol. The molecule has 0 unspecified atom stereocenters. The van der Waals surface area contributed by atoms with Crippen LogP contribution in [0.5, 0.6) is 0 Å². The van der Waals surface area contributed by atoms with Crippen molar-refractivity contribution in [2.75, 3.05) is 11.9 Å². The summed E-state index contributed by atoms with van der Waals surface area (Å²) in [6.07, 6.45) is 0. The minimum atomic E-state index is -0.283. The zero-order chi connectivity index (χ0) is 10.7. The minimum Gasteiger partial charge on any atom is -0.338 e. The number of rotatable bonds is 3. The van der Waals surface area contributed by atoms with Gasteiger partial charge in [0.15, 0.2) is 0 Å². The summed E-state index contributed by atoms with van der Waals surface area (Å²) in [7, 11) is 0. The van der Waals surface area contributed by atoms with Crippen LogP contribution in [0.2, 0.25) is 0 Å². The van der Waals surface area contributed by atoms with E-state index in [0.717, 1.165) is 5.56 Å². The molecule has 78 valence electrons. The first-order chi connectivity index (χ1) is 7.29. The molecule has 1 N–H and O–H groups in total. The van der Waals surface area contributed by atoms with Gasteiger partial charge in [0.1, 0.15) is 5.82 Å². The van der Waals surface area contributed by atoms with Crippen LogP contribution < -0.4 is 5.32 Å². The number of hydrogen-bond donors (Lipinski definition) is 1. The van der Waals surface area contributed by atoms with Crippen LogP contribution in [0.15, 0.2) is 28.8 Å². The van der Waals surface area contributed by atoms with Crippen LogP contribution in [0.25, 0.3) is 11.4 Å². The van der Waals surface area contributed by atoms with E-state index in [1.807, 2.05) is 6.92 Å². The van der Waals surface area contributed by atoms with Crippen LogP contribution in [0.3, 0.4) is 0 Å². The summed E-state index contributed by atoms with van der Waals surface area (Å²) in [5.74, 6) is 0.167. The Morgan fingerprint density at radius 1 is 1.33 bits per heavy atom. The predicted molar refractivity (Wildman–Crippen MR) is 53.9 cm³/mol. The molecule has 1 heterocycles. The van der Waals surface area contributed by atoms with Gasteiger partial charge in [-0.15, -0.1) is 0 Å². The van der Waals surface area contributed by atoms with Crippen molar-refractivity contribution in [1.29, 1.82) is 0 Å². The van der Waals surface area contributed by atoms with Crippen LogP contribution in [-0.2, 0) is 0 Å². The van der Waals surface area contributed by atoms with Gasteiger partial charge < -0.3 is 9.84 Å². The molecule has 15 heavy (non-hydrogen) atoms. The van der Waals surface area contributed by atoms with Gasteiger partial charge in [0.05, 0.1) is 0 Å². The molecule has 0 fully saturated rings. The van der Waals surface area contributed by atoms with Gasteiger partial charge in [-0.05, 0) is 31.2 Å². The molecule has 2 rings (SSSR count). The lowest BCUT2D eigenvalue weighted by molar-refractivity contribution is 0.432. The standard InChI is InChI=1S/C10H10FN3O/c1-2-12-10-13-9(14-15-10)7-3-5-8(11)6-4-7/h3-6H,2H2,1H3,(H,12,13,14). The highest BCUT2D eigenvalue weighted by atomic mass is 19.1. The Morgan fingerprint density at radius 2 is 2.07 bits per heavy atom. The number of aromatic nitrogens is 2. The Bertz CT molecular complexity index is 438. The second kappa shape index (κ2) is 4.08. The molecule has 0 aliphatic carbocycles. The SMILES string of the molecule is CCNc1nc(-c2ccc(F)cc2)no1. The number of anilines is 1. The molecular weight excluding hydrogens is 197 g/mol. The molecule has 0 saturated heterocycles. The third-order valence-corrected chi connectivity index (χ3v) is 1.86. The summed E-state index contributed by atoms with van der Waals surface area (Å²) in [6, 6.07) is 6.31. The van der Waals surface area contributed by atoms with E-state index in [1.54, 1.807) is 12.1 Å². The zero-order valence-electron chi connectivity index (χ0n) is 8.20. The van der Waals surface area contributed by atoms with Gasteiger partial charge in [0, 0.05) is 12.1 Å². The van der Waals surface area contributed by atoms with Gasteiger partial charge >= 0.3 is 6.01 Å². The molecule has 0 atom stereocenters. The highest BCUT2D eigenvalue weighted by Crippen LogP contribution is 2.17. The van der Waals surface area contributed by atoms with Gasteiger partial charge in [0.25, 0.3) is 0 Å². The third-order valence-electron chi connectivity index (χ3n) is 1.86. The van der Waals surface area contributed by atoms with Gasteiger partial charge in [-0.25, -0.2) is 4.39 Å². The summed E-state index contributed by atoms with van der Waals surface area (Å²) < 4.78 is 17.6. The minimum absolute atomic E-state index is 0.283. The molecule has 0 saturated carbocycles. The summed E-state index contributed by atoms with van der Waals surface area (Å²) in [5.41, 5.74) is 0.726. The Morgan fingerprint density at radius 3 is 2.73 bits per heavy atom. The summed E-state index contributed by atoms with van der Waals surface area (Å²) in [6.45, 7) is 2.65. The van der Waals surface area contributed by atoms with E-state index in [9.17, 15) is 4.39 Å². The van der Waals surface area contributed by atoms with E-state index in [1.165, 1.54) is 12.1 Å². The van der Waals surface area contributed by atoms with E-state index in [-0.39, 0.29) is 5.82 Å². The highest BCUT2D eigenvalue weighted by Gasteiger charge is 2.06. The Kier molecular flexibility index (Phi) is 2.62. The fourth-order valence-electron chi connectivity index (χ4n) is 1.16. The van der Waals surface area contributed by atoms with Crippen molar-refractivity contribution in [3.05, 3.63) is 30.1 Å². The Balaban J connectivity index is 2.25. The molecule has 0 aliphatic heterocycles. The zero-order valence-corrected chi connectivity index (χ0v) is 8.20. The fraction of sp³-hybridized carbons (Fsp3) is 0.200. The second-order valence-corrected chi connectivity index (χ2v) is 2.96. The topological polar surface area (TPSA) is 51.0 Å². The quantitative estimate of drug-likeness (QED) is 0.839. The van der Waals surface area contributed by atoms with E-state index < -0.39 is 0 Å². The number of hydrogen-bond acceptors (Lipinski definition) is 4. The first kappa shape index (κ1) is 9.64. The maximum Gasteiger partial charge on any atom is 0.321 e. The van der Waals surface area contributed by atoms with Crippen molar-refractivity contribution in [2.24, 2.45) is 0 Å². The number of halogens is 1. The maximum absolute atomic E-state index is 12.7. The molecular formula is C10H10FN3O. The lowest BCUT2D eigenvalue weighted by atomic mass is 10.2. The van der Waals surface area contributed by atoms with Crippen molar-refractivity contribution in [2.45, 2.75) is 6.92 Å². The molecule has 1 aromatic carbocycles. The third kappa shape index (κ3) is 2.12. The van der Waals surface area contributed by atoms with E-state index >= 15 is 0 Å². The maximum atomic E-state index is 12.7. The van der Waals surface area contributed by atoms with E-state index in [0.29, 0.717) is 18.4 Å². The molecule has 2 aromatic rings. The Labute approximate surface area is 86.1 Å². The summed E-state index contributed by atoms with van der Waals surface area (Å²) in [5, 5.41) is 6.66. The van der Waals surface area contributed by atoms with Crippen molar-refractivity contribution in [3.8, 4) is 11.4 Å². The predicted octanol–water partition coefficient (Wildman–Crippen LogP) is 2.31. The fourth-order valence-corrected chi connectivity index (χ4v) is 1.16. The van der Waals surface area contributed by atoms with Crippen molar-refractivity contribution in [1.82, 2.24) is 10.1 Å². The normalized spacial score (nSPS) is 10.3. The van der Waals surface area contributed by atoms with Gasteiger partial charge in [-0.1, -0.05) is 5.16 Å². The van der Waals surface area contributed by atoms with Crippen LogP contribution in [0.1, 0.15) is 6.92 Å². The molecule has 0 aliphatic rings. The molecule has 0 spiro atoms. The van der Waals surface area contributed by atoms with Crippen molar-refractivity contribution < 1.29 is 8.91 Å². The lowest BCUT2D eigenvalue weighted by Gasteiger charge is -1.93. The Hall–Kier alpha value is -1.91. The molecule has 5 heteroatoms. The first-order valence-corrected chi connectivity index (χ1v) is 4.63. The van der Waals surface area contributed by atoms with E-state index in [4.69, 9.17) is 4.52 Å².